The van der Waals surface area contributed by atoms with Crippen LogP contribution in [0.5, 0.6) is 5.75 Å². The van der Waals surface area contributed by atoms with Gasteiger partial charge in [-0.15, -0.1) is 5.10 Å². The zero-order chi connectivity index (χ0) is 21.0. The minimum atomic E-state index is 0.439. The highest BCUT2D eigenvalue weighted by Gasteiger charge is 2.11. The van der Waals surface area contributed by atoms with Crippen molar-refractivity contribution in [3.05, 3.63) is 61.3 Å². The zero-order valence-corrected chi connectivity index (χ0v) is 16.8. The molecule has 5 aromatic rings. The fraction of sp³-hybridized carbons (Fsp3) is 0.200. The van der Waals surface area contributed by atoms with Gasteiger partial charge in [0.05, 0.1) is 43.5 Å². The van der Waals surface area contributed by atoms with E-state index in [0.717, 1.165) is 23.7 Å². The normalized spacial score (nSPS) is 11.1. The van der Waals surface area contributed by atoms with E-state index in [9.17, 15) is 0 Å². The standard InChI is InChI=1S/C20H20N10O/c1-2-31-17-6-4-16(5-7-17)30-19-18(26-27-30)13-21-20(25-19)24-15-12-23-29(14-15)11-10-28-9-3-8-22-28/h3-9,12-14H,2,10-11H2,1H3,(H,21,24,25). The van der Waals surface area contributed by atoms with Crippen molar-refractivity contribution in [3.8, 4) is 11.4 Å². The van der Waals surface area contributed by atoms with Crippen LogP contribution in [-0.4, -0.2) is 51.1 Å². The summed E-state index contributed by atoms with van der Waals surface area (Å²) >= 11 is 0. The molecule has 0 aliphatic heterocycles. The summed E-state index contributed by atoms with van der Waals surface area (Å²) in [6.45, 7) is 4.02. The third-order valence-electron chi connectivity index (χ3n) is 4.59. The van der Waals surface area contributed by atoms with E-state index in [-0.39, 0.29) is 0 Å². The maximum atomic E-state index is 5.50. The fourth-order valence-electron chi connectivity index (χ4n) is 3.13. The van der Waals surface area contributed by atoms with E-state index in [2.05, 4.69) is 35.8 Å². The molecular weight excluding hydrogens is 396 g/mol. The molecule has 31 heavy (non-hydrogen) atoms. The molecule has 0 radical (unpaired) electrons. The van der Waals surface area contributed by atoms with Gasteiger partial charge in [0.15, 0.2) is 11.2 Å². The van der Waals surface area contributed by atoms with Gasteiger partial charge in [-0.3, -0.25) is 9.36 Å². The second kappa shape index (κ2) is 8.22. The average molecular weight is 416 g/mol. The van der Waals surface area contributed by atoms with Crippen LogP contribution in [-0.2, 0) is 13.1 Å². The number of hydrogen-bond donors (Lipinski definition) is 1. The molecule has 0 aliphatic rings. The lowest BCUT2D eigenvalue weighted by molar-refractivity contribution is 0.340. The molecule has 1 aromatic carbocycles. The van der Waals surface area contributed by atoms with E-state index in [1.165, 1.54) is 0 Å². The van der Waals surface area contributed by atoms with Crippen LogP contribution < -0.4 is 10.1 Å². The highest BCUT2D eigenvalue weighted by Crippen LogP contribution is 2.20. The largest absolute Gasteiger partial charge is 0.494 e. The number of benzene rings is 1. The molecule has 11 heteroatoms. The van der Waals surface area contributed by atoms with E-state index >= 15 is 0 Å². The molecule has 0 bridgehead atoms. The lowest BCUT2D eigenvalue weighted by Crippen LogP contribution is -2.07. The summed E-state index contributed by atoms with van der Waals surface area (Å²) in [5.41, 5.74) is 2.84. The molecule has 5 rings (SSSR count). The van der Waals surface area contributed by atoms with Crippen LogP contribution in [0.15, 0.2) is 61.3 Å². The minimum Gasteiger partial charge on any atom is -0.494 e. The molecular formula is C20H20N10O. The number of hydrogen-bond acceptors (Lipinski definition) is 8. The number of rotatable bonds is 8. The predicted molar refractivity (Wildman–Crippen MR) is 113 cm³/mol. The molecule has 0 spiro atoms. The molecule has 1 N–H and O–H groups in total. The Balaban J connectivity index is 1.33. The fourth-order valence-corrected chi connectivity index (χ4v) is 3.13. The van der Waals surface area contributed by atoms with Crippen molar-refractivity contribution in [2.45, 2.75) is 20.0 Å². The van der Waals surface area contributed by atoms with E-state index in [1.807, 2.05) is 59.0 Å². The Labute approximate surface area is 177 Å². The number of nitrogens with one attached hydrogen (secondary N) is 1. The molecule has 11 nitrogen and oxygen atoms in total. The third kappa shape index (κ3) is 4.06. The molecule has 0 atom stereocenters. The van der Waals surface area contributed by atoms with Gasteiger partial charge >= 0.3 is 0 Å². The summed E-state index contributed by atoms with van der Waals surface area (Å²) in [5.74, 6) is 1.24. The van der Waals surface area contributed by atoms with Gasteiger partial charge in [0, 0.05) is 18.6 Å². The first-order chi connectivity index (χ1) is 15.3. The molecule has 156 valence electrons. The van der Waals surface area contributed by atoms with Crippen LogP contribution in [0.1, 0.15) is 6.92 Å². The van der Waals surface area contributed by atoms with Crippen LogP contribution in [0.3, 0.4) is 0 Å². The Bertz CT molecular complexity index is 1270. The summed E-state index contributed by atoms with van der Waals surface area (Å²) in [6, 6.07) is 9.51. The Hall–Kier alpha value is -4.28. The molecule has 4 aromatic heterocycles. The van der Waals surface area contributed by atoms with E-state index in [1.54, 1.807) is 23.3 Å². The second-order valence-corrected chi connectivity index (χ2v) is 6.72. The van der Waals surface area contributed by atoms with Crippen molar-refractivity contribution in [1.29, 1.82) is 0 Å². The number of aryl methyl sites for hydroxylation is 2. The Morgan fingerprint density at radius 1 is 1.03 bits per heavy atom. The summed E-state index contributed by atoms with van der Waals surface area (Å²) in [7, 11) is 0. The third-order valence-corrected chi connectivity index (χ3v) is 4.59. The smallest absolute Gasteiger partial charge is 0.229 e. The molecule has 4 heterocycles. The number of fused-ring (bicyclic) bond motifs is 1. The van der Waals surface area contributed by atoms with Gasteiger partial charge in [0.25, 0.3) is 0 Å². The molecule has 0 saturated heterocycles. The topological polar surface area (TPSA) is 113 Å². The molecule has 0 unspecified atom stereocenters. The van der Waals surface area contributed by atoms with Crippen molar-refractivity contribution in [1.82, 2.24) is 44.5 Å². The lowest BCUT2D eigenvalue weighted by atomic mass is 10.3. The molecule has 0 saturated carbocycles. The van der Waals surface area contributed by atoms with Crippen molar-refractivity contribution >= 4 is 22.8 Å². The van der Waals surface area contributed by atoms with Crippen LogP contribution in [0.2, 0.25) is 0 Å². The number of anilines is 2. The van der Waals surface area contributed by atoms with Crippen LogP contribution in [0.25, 0.3) is 16.9 Å². The van der Waals surface area contributed by atoms with Gasteiger partial charge in [-0.2, -0.15) is 19.9 Å². The average Bonchev–Trinajstić information content (AvgIpc) is 3.54. The monoisotopic (exact) mass is 416 g/mol. The van der Waals surface area contributed by atoms with E-state index in [4.69, 9.17) is 4.74 Å². The highest BCUT2D eigenvalue weighted by molar-refractivity contribution is 5.72. The summed E-state index contributed by atoms with van der Waals surface area (Å²) in [6.07, 6.45) is 8.96. The van der Waals surface area contributed by atoms with Gasteiger partial charge in [0.1, 0.15) is 5.75 Å². The quantitative estimate of drug-likeness (QED) is 0.410. The lowest BCUT2D eigenvalue weighted by Gasteiger charge is -2.06. The Morgan fingerprint density at radius 3 is 2.71 bits per heavy atom. The van der Waals surface area contributed by atoms with Crippen LogP contribution in [0.4, 0.5) is 11.6 Å². The van der Waals surface area contributed by atoms with Gasteiger partial charge in [-0.1, -0.05) is 5.21 Å². The molecule has 0 aliphatic carbocycles. The first kappa shape index (κ1) is 18.7. The number of nitrogens with zero attached hydrogens (tertiary/aromatic N) is 9. The number of aromatic nitrogens is 9. The second-order valence-electron chi connectivity index (χ2n) is 6.72. The number of ether oxygens (including phenoxy) is 1. The maximum absolute atomic E-state index is 5.50. The first-order valence-corrected chi connectivity index (χ1v) is 9.87. The van der Waals surface area contributed by atoms with E-state index in [0.29, 0.717) is 30.3 Å². The highest BCUT2D eigenvalue weighted by atomic mass is 16.5. The SMILES string of the molecule is CCOc1ccc(-n2nnc3cnc(Nc4cnn(CCn5cccn5)c4)nc32)cc1. The van der Waals surface area contributed by atoms with Gasteiger partial charge in [-0.05, 0) is 37.3 Å². The van der Waals surface area contributed by atoms with E-state index < -0.39 is 0 Å². The van der Waals surface area contributed by atoms with Crippen molar-refractivity contribution in [3.63, 3.8) is 0 Å². The summed E-state index contributed by atoms with van der Waals surface area (Å²) in [4.78, 5) is 8.93. The first-order valence-electron chi connectivity index (χ1n) is 9.87. The van der Waals surface area contributed by atoms with Gasteiger partial charge in [-0.25, -0.2) is 4.98 Å². The summed E-state index contributed by atoms with van der Waals surface area (Å²) in [5, 5.41) is 20.1. The van der Waals surface area contributed by atoms with Crippen LogP contribution >= 0.6 is 0 Å². The summed E-state index contributed by atoms with van der Waals surface area (Å²) < 4.78 is 10.9. The van der Waals surface area contributed by atoms with Crippen molar-refractivity contribution in [2.75, 3.05) is 11.9 Å². The van der Waals surface area contributed by atoms with Crippen molar-refractivity contribution in [2.24, 2.45) is 0 Å². The Morgan fingerprint density at radius 2 is 1.90 bits per heavy atom. The van der Waals surface area contributed by atoms with Crippen LogP contribution in [0, 0.1) is 0 Å². The predicted octanol–water partition coefficient (Wildman–Crippen LogP) is 2.45. The zero-order valence-electron chi connectivity index (χ0n) is 16.8. The Kier molecular flexibility index (Phi) is 4.97. The van der Waals surface area contributed by atoms with Crippen molar-refractivity contribution < 1.29 is 4.74 Å². The van der Waals surface area contributed by atoms with Gasteiger partial charge < -0.3 is 10.1 Å². The molecule has 0 amide bonds. The maximum Gasteiger partial charge on any atom is 0.229 e. The molecule has 0 fully saturated rings. The van der Waals surface area contributed by atoms with Gasteiger partial charge in [0.2, 0.25) is 5.95 Å². The minimum absolute atomic E-state index is 0.439.